The maximum atomic E-state index is 12.9. The van der Waals surface area contributed by atoms with Gasteiger partial charge in [-0.2, -0.15) is 14.8 Å². The number of hydrogen-bond donors (Lipinski definition) is 1. The number of benzene rings is 1. The van der Waals surface area contributed by atoms with Gasteiger partial charge in [0.2, 0.25) is 17.6 Å². The van der Waals surface area contributed by atoms with Crippen molar-refractivity contribution < 1.29 is 9.32 Å². The molecule has 4 rings (SSSR count). The molecule has 1 N–H and O–H groups in total. The Kier molecular flexibility index (Phi) is 7.56. The average molecular weight is 487 g/mol. The molecule has 10 nitrogen and oxygen atoms in total. The van der Waals surface area contributed by atoms with Gasteiger partial charge in [0.15, 0.2) is 5.69 Å². The quantitative estimate of drug-likeness (QED) is 0.509. The third kappa shape index (κ3) is 5.44. The van der Waals surface area contributed by atoms with E-state index in [1.165, 1.54) is 12.8 Å². The van der Waals surface area contributed by atoms with E-state index in [2.05, 4.69) is 20.6 Å². The Morgan fingerprint density at radius 2 is 1.85 bits per heavy atom. The number of nitrogens with one attached hydrogen (secondary N) is 1. The molecule has 0 saturated heterocycles. The minimum atomic E-state index is -0.615. The fraction of sp³-hybridized carbons (Fsp3) is 0.478. The van der Waals surface area contributed by atoms with E-state index in [4.69, 9.17) is 16.1 Å². The zero-order valence-corrected chi connectivity index (χ0v) is 19.8. The lowest BCUT2D eigenvalue weighted by molar-refractivity contribution is -0.121. The second-order valence-corrected chi connectivity index (χ2v) is 8.77. The lowest BCUT2D eigenvalue weighted by atomic mass is 10.1. The van der Waals surface area contributed by atoms with E-state index in [1.54, 1.807) is 31.2 Å². The van der Waals surface area contributed by atoms with E-state index in [1.807, 2.05) is 0 Å². The molecular formula is C23H27ClN6O4. The van der Waals surface area contributed by atoms with E-state index < -0.39 is 11.2 Å². The normalized spacial score (nSPS) is 14.6. The van der Waals surface area contributed by atoms with Crippen molar-refractivity contribution in [2.24, 2.45) is 0 Å². The Hall–Kier alpha value is -3.27. The number of rotatable bonds is 7. The predicted octanol–water partition coefficient (Wildman–Crippen LogP) is 2.89. The summed E-state index contributed by atoms with van der Waals surface area (Å²) >= 11 is 5.94. The maximum absolute atomic E-state index is 12.9. The standard InChI is InChI=1S/C23H27ClN6O4/c1-2-29-22(32)20(27-30(23(29)33)17-11-9-15(24)10-12-17)21-26-19(34-28-21)14-13-18(31)25-16-7-5-3-4-6-8-16/h9-12,16H,2-8,13-14H2,1H3,(H,25,31). The van der Waals surface area contributed by atoms with Gasteiger partial charge in [-0.15, -0.1) is 0 Å². The summed E-state index contributed by atoms with van der Waals surface area (Å²) in [6.45, 7) is 1.83. The van der Waals surface area contributed by atoms with Gasteiger partial charge in [0, 0.05) is 30.5 Å². The molecule has 0 atom stereocenters. The molecule has 0 unspecified atom stereocenters. The molecule has 0 spiro atoms. The van der Waals surface area contributed by atoms with Crippen LogP contribution in [0.15, 0.2) is 38.4 Å². The van der Waals surface area contributed by atoms with Crippen LogP contribution in [0.25, 0.3) is 17.2 Å². The zero-order valence-electron chi connectivity index (χ0n) is 19.0. The van der Waals surface area contributed by atoms with Crippen LogP contribution in [-0.4, -0.2) is 36.4 Å². The monoisotopic (exact) mass is 486 g/mol. The number of aryl methyl sites for hydroxylation is 1. The number of amides is 1. The Morgan fingerprint density at radius 1 is 1.15 bits per heavy atom. The number of nitrogens with zero attached hydrogens (tertiary/aromatic N) is 5. The van der Waals surface area contributed by atoms with E-state index in [-0.39, 0.29) is 48.7 Å². The number of carbonyl (C=O) groups excluding carboxylic acids is 1. The molecule has 1 aliphatic carbocycles. The highest BCUT2D eigenvalue weighted by Crippen LogP contribution is 2.18. The Morgan fingerprint density at radius 3 is 2.53 bits per heavy atom. The molecule has 11 heteroatoms. The van der Waals surface area contributed by atoms with Crippen LogP contribution in [-0.2, 0) is 17.8 Å². The minimum Gasteiger partial charge on any atom is -0.353 e. The van der Waals surface area contributed by atoms with Crippen LogP contribution >= 0.6 is 11.6 Å². The molecule has 1 saturated carbocycles. The third-order valence-corrected chi connectivity index (χ3v) is 6.17. The number of carbonyl (C=O) groups is 1. The van der Waals surface area contributed by atoms with Crippen molar-refractivity contribution in [2.45, 2.75) is 70.9 Å². The van der Waals surface area contributed by atoms with Crippen LogP contribution < -0.4 is 16.6 Å². The first-order valence-electron chi connectivity index (χ1n) is 11.6. The molecule has 0 radical (unpaired) electrons. The molecule has 1 aliphatic rings. The summed E-state index contributed by atoms with van der Waals surface area (Å²) < 4.78 is 7.42. The summed E-state index contributed by atoms with van der Waals surface area (Å²) in [4.78, 5) is 42.3. The molecule has 0 bridgehead atoms. The first-order valence-corrected chi connectivity index (χ1v) is 12.0. The molecule has 2 heterocycles. The van der Waals surface area contributed by atoms with Crippen molar-refractivity contribution >= 4 is 17.5 Å². The second kappa shape index (κ2) is 10.8. The molecule has 1 fully saturated rings. The second-order valence-electron chi connectivity index (χ2n) is 8.34. The van der Waals surface area contributed by atoms with Crippen molar-refractivity contribution in [3.63, 3.8) is 0 Å². The number of aromatic nitrogens is 5. The molecule has 1 aromatic carbocycles. The van der Waals surface area contributed by atoms with Crippen LogP contribution in [0.2, 0.25) is 5.02 Å². The van der Waals surface area contributed by atoms with Gasteiger partial charge in [-0.1, -0.05) is 42.4 Å². The highest BCUT2D eigenvalue weighted by atomic mass is 35.5. The van der Waals surface area contributed by atoms with Gasteiger partial charge in [-0.3, -0.25) is 14.2 Å². The van der Waals surface area contributed by atoms with Gasteiger partial charge >= 0.3 is 5.69 Å². The molecule has 34 heavy (non-hydrogen) atoms. The van der Waals surface area contributed by atoms with E-state index in [9.17, 15) is 14.4 Å². The molecular weight excluding hydrogens is 460 g/mol. The third-order valence-electron chi connectivity index (χ3n) is 5.91. The number of halogens is 1. The fourth-order valence-corrected chi connectivity index (χ4v) is 4.21. The lowest BCUT2D eigenvalue weighted by Gasteiger charge is -2.15. The molecule has 0 aliphatic heterocycles. The van der Waals surface area contributed by atoms with Gasteiger partial charge in [0.1, 0.15) is 0 Å². The average Bonchev–Trinajstić information content (AvgIpc) is 3.15. The summed E-state index contributed by atoms with van der Waals surface area (Å²) in [6.07, 6.45) is 7.17. The van der Waals surface area contributed by atoms with Gasteiger partial charge in [-0.05, 0) is 44.0 Å². The van der Waals surface area contributed by atoms with Crippen molar-refractivity contribution in [1.29, 1.82) is 0 Å². The minimum absolute atomic E-state index is 0.0333. The van der Waals surface area contributed by atoms with Crippen LogP contribution in [0.3, 0.4) is 0 Å². The lowest BCUT2D eigenvalue weighted by Crippen LogP contribution is -2.41. The zero-order chi connectivity index (χ0) is 24.1. The van der Waals surface area contributed by atoms with Crippen LogP contribution in [0, 0.1) is 0 Å². The Balaban J connectivity index is 1.52. The highest BCUT2D eigenvalue weighted by molar-refractivity contribution is 6.30. The van der Waals surface area contributed by atoms with Gasteiger partial charge in [0.05, 0.1) is 5.69 Å². The molecule has 180 valence electrons. The van der Waals surface area contributed by atoms with Crippen LogP contribution in [0.4, 0.5) is 0 Å². The van der Waals surface area contributed by atoms with Gasteiger partial charge in [-0.25, -0.2) is 4.79 Å². The summed E-state index contributed by atoms with van der Waals surface area (Å²) in [7, 11) is 0. The smallest absolute Gasteiger partial charge is 0.352 e. The molecule has 1 amide bonds. The van der Waals surface area contributed by atoms with Gasteiger partial charge in [0.25, 0.3) is 5.56 Å². The van der Waals surface area contributed by atoms with Crippen molar-refractivity contribution in [2.75, 3.05) is 0 Å². The van der Waals surface area contributed by atoms with E-state index >= 15 is 0 Å². The van der Waals surface area contributed by atoms with E-state index in [0.29, 0.717) is 10.7 Å². The van der Waals surface area contributed by atoms with Crippen molar-refractivity contribution in [3.8, 4) is 17.2 Å². The maximum Gasteiger partial charge on any atom is 0.352 e. The van der Waals surface area contributed by atoms with Crippen LogP contribution in [0.5, 0.6) is 0 Å². The largest absolute Gasteiger partial charge is 0.353 e. The van der Waals surface area contributed by atoms with Gasteiger partial charge < -0.3 is 9.84 Å². The Bertz CT molecular complexity index is 1260. The Labute approximate surface area is 200 Å². The first kappa shape index (κ1) is 23.9. The summed E-state index contributed by atoms with van der Waals surface area (Å²) in [5.74, 6) is 0.128. The van der Waals surface area contributed by atoms with Crippen molar-refractivity contribution in [3.05, 3.63) is 56.0 Å². The summed E-state index contributed by atoms with van der Waals surface area (Å²) in [5.41, 5.74) is -0.875. The summed E-state index contributed by atoms with van der Waals surface area (Å²) in [6, 6.07) is 6.72. The van der Waals surface area contributed by atoms with E-state index in [0.717, 1.165) is 34.9 Å². The molecule has 3 aromatic rings. The first-order chi connectivity index (χ1) is 16.5. The topological polar surface area (TPSA) is 125 Å². The predicted molar refractivity (Wildman–Crippen MR) is 126 cm³/mol. The fourth-order valence-electron chi connectivity index (χ4n) is 4.08. The SMILES string of the molecule is CCn1c(=O)c(-c2noc(CCC(=O)NC3CCCCCC3)n2)nn(-c2ccc(Cl)cc2)c1=O. The van der Waals surface area contributed by atoms with Crippen LogP contribution in [0.1, 0.15) is 57.8 Å². The van der Waals surface area contributed by atoms with Crippen molar-refractivity contribution in [1.82, 2.24) is 29.8 Å². The summed E-state index contributed by atoms with van der Waals surface area (Å²) in [5, 5.41) is 11.7. The molecule has 2 aromatic heterocycles. The number of hydrogen-bond acceptors (Lipinski definition) is 7. The highest BCUT2D eigenvalue weighted by Gasteiger charge is 2.21.